The number of aromatic nitrogens is 3. The summed E-state index contributed by atoms with van der Waals surface area (Å²) in [5.74, 6) is 1.85. The van der Waals surface area contributed by atoms with Gasteiger partial charge in [-0.25, -0.2) is 0 Å². The second-order valence-corrected chi connectivity index (χ2v) is 5.98. The van der Waals surface area contributed by atoms with Gasteiger partial charge in [-0.2, -0.15) is 15.0 Å². The van der Waals surface area contributed by atoms with E-state index >= 15 is 0 Å². The zero-order valence-corrected chi connectivity index (χ0v) is 13.6. The van der Waals surface area contributed by atoms with E-state index < -0.39 is 0 Å². The molecular weight excluding hydrogens is 290 g/mol. The molecule has 1 aliphatic heterocycles. The molecule has 2 heterocycles. The van der Waals surface area contributed by atoms with Gasteiger partial charge >= 0.3 is 0 Å². The quantitative estimate of drug-likeness (QED) is 0.744. The highest BCUT2D eigenvalue weighted by molar-refractivity contribution is 6.28. The summed E-state index contributed by atoms with van der Waals surface area (Å²) in [7, 11) is 0. The molecule has 7 heteroatoms. The van der Waals surface area contributed by atoms with Crippen molar-refractivity contribution in [1.82, 2.24) is 15.0 Å². The minimum Gasteiger partial charge on any atom is -0.380 e. The van der Waals surface area contributed by atoms with Crippen LogP contribution in [0.2, 0.25) is 5.28 Å². The van der Waals surface area contributed by atoms with Gasteiger partial charge in [-0.15, -0.1) is 0 Å². The maximum atomic E-state index is 5.97. The first-order chi connectivity index (χ1) is 10.1. The summed E-state index contributed by atoms with van der Waals surface area (Å²) in [6, 6.07) is 0. The molecule has 6 nitrogen and oxygen atoms in total. The summed E-state index contributed by atoms with van der Waals surface area (Å²) in [5.41, 5.74) is 0. The van der Waals surface area contributed by atoms with Gasteiger partial charge in [0.25, 0.3) is 0 Å². The maximum absolute atomic E-state index is 5.97. The Morgan fingerprint density at radius 3 is 2.67 bits per heavy atom. The van der Waals surface area contributed by atoms with Gasteiger partial charge in [0.05, 0.1) is 6.61 Å². The van der Waals surface area contributed by atoms with Crippen molar-refractivity contribution in [3.05, 3.63) is 5.28 Å². The molecule has 0 saturated carbocycles. The van der Waals surface area contributed by atoms with Crippen molar-refractivity contribution in [3.63, 3.8) is 0 Å². The predicted octanol–water partition coefficient (Wildman–Crippen LogP) is 2.60. The van der Waals surface area contributed by atoms with Crippen molar-refractivity contribution in [2.75, 3.05) is 43.1 Å². The molecule has 0 radical (unpaired) electrons. The van der Waals surface area contributed by atoms with Gasteiger partial charge < -0.3 is 15.0 Å². The third kappa shape index (κ3) is 5.63. The van der Waals surface area contributed by atoms with Crippen molar-refractivity contribution in [2.45, 2.75) is 33.1 Å². The molecule has 1 aromatic heterocycles. The Hall–Kier alpha value is -1.14. The number of nitrogens with zero attached hydrogens (tertiary/aromatic N) is 4. The van der Waals surface area contributed by atoms with Crippen LogP contribution < -0.4 is 10.2 Å². The van der Waals surface area contributed by atoms with E-state index in [2.05, 4.69) is 39.0 Å². The molecule has 1 fully saturated rings. The van der Waals surface area contributed by atoms with Crippen LogP contribution in [0.25, 0.3) is 0 Å². The number of halogens is 1. The smallest absolute Gasteiger partial charge is 0.231 e. The van der Waals surface area contributed by atoms with Crippen LogP contribution >= 0.6 is 11.6 Å². The van der Waals surface area contributed by atoms with Gasteiger partial charge in [-0.05, 0) is 36.8 Å². The Morgan fingerprint density at radius 1 is 1.19 bits per heavy atom. The number of hydrogen-bond donors (Lipinski definition) is 1. The van der Waals surface area contributed by atoms with E-state index in [0.717, 1.165) is 26.1 Å². The first-order valence-electron chi connectivity index (χ1n) is 7.63. The van der Waals surface area contributed by atoms with E-state index in [9.17, 15) is 0 Å². The number of hydrogen-bond acceptors (Lipinski definition) is 6. The maximum Gasteiger partial charge on any atom is 0.231 e. The molecule has 0 aromatic carbocycles. The Balaban J connectivity index is 1.77. The van der Waals surface area contributed by atoms with Crippen molar-refractivity contribution < 1.29 is 4.74 Å². The Morgan fingerprint density at radius 2 is 1.95 bits per heavy atom. The molecular formula is C14H24ClN5O. The molecule has 1 N–H and O–H groups in total. The molecule has 0 amide bonds. The Kier molecular flexibility index (Phi) is 6.45. The van der Waals surface area contributed by atoms with Crippen molar-refractivity contribution in [3.8, 4) is 0 Å². The zero-order chi connectivity index (χ0) is 15.1. The van der Waals surface area contributed by atoms with Gasteiger partial charge in [-0.1, -0.05) is 13.8 Å². The molecule has 21 heavy (non-hydrogen) atoms. The lowest BCUT2D eigenvalue weighted by Crippen LogP contribution is -2.22. The number of anilines is 2. The molecule has 0 aliphatic carbocycles. The average Bonchev–Trinajstić information content (AvgIpc) is 2.96. The zero-order valence-electron chi connectivity index (χ0n) is 12.8. The lowest BCUT2D eigenvalue weighted by molar-refractivity contribution is 0.132. The molecule has 0 atom stereocenters. The fourth-order valence-electron chi connectivity index (χ4n) is 2.13. The summed E-state index contributed by atoms with van der Waals surface area (Å²) in [5, 5.41) is 3.37. The molecule has 0 unspecified atom stereocenters. The van der Waals surface area contributed by atoms with Crippen molar-refractivity contribution in [1.29, 1.82) is 0 Å². The van der Waals surface area contributed by atoms with E-state index in [0.29, 0.717) is 31.0 Å². The van der Waals surface area contributed by atoms with Gasteiger partial charge in [0.2, 0.25) is 17.2 Å². The lowest BCUT2D eigenvalue weighted by Gasteiger charge is -2.15. The SMILES string of the molecule is CC(C)CCOCCNc1nc(Cl)nc(N2CCCC2)n1. The minimum absolute atomic E-state index is 0.232. The van der Waals surface area contributed by atoms with E-state index in [1.54, 1.807) is 0 Å². The lowest BCUT2D eigenvalue weighted by atomic mass is 10.1. The van der Waals surface area contributed by atoms with Crippen LogP contribution in [0, 0.1) is 5.92 Å². The monoisotopic (exact) mass is 313 g/mol. The highest BCUT2D eigenvalue weighted by Gasteiger charge is 2.16. The van der Waals surface area contributed by atoms with Crippen LogP contribution in [0.3, 0.4) is 0 Å². The van der Waals surface area contributed by atoms with E-state index in [4.69, 9.17) is 16.3 Å². The molecule has 1 aliphatic rings. The molecule has 0 bridgehead atoms. The molecule has 0 spiro atoms. The average molecular weight is 314 g/mol. The van der Waals surface area contributed by atoms with Crippen molar-refractivity contribution in [2.24, 2.45) is 5.92 Å². The van der Waals surface area contributed by atoms with E-state index in [1.165, 1.54) is 12.8 Å². The van der Waals surface area contributed by atoms with Gasteiger partial charge in [0.1, 0.15) is 0 Å². The predicted molar refractivity (Wildman–Crippen MR) is 85.0 cm³/mol. The second kappa shape index (κ2) is 8.34. The molecule has 118 valence electrons. The van der Waals surface area contributed by atoms with Crippen LogP contribution in [0.4, 0.5) is 11.9 Å². The number of nitrogens with one attached hydrogen (secondary N) is 1. The van der Waals surface area contributed by atoms with Crippen LogP contribution in [0.15, 0.2) is 0 Å². The Labute approximate surface area is 131 Å². The number of rotatable bonds is 8. The van der Waals surface area contributed by atoms with E-state index in [1.807, 2.05) is 0 Å². The van der Waals surface area contributed by atoms with Gasteiger partial charge in [0, 0.05) is 26.2 Å². The highest BCUT2D eigenvalue weighted by Crippen LogP contribution is 2.18. The topological polar surface area (TPSA) is 63.2 Å². The fraction of sp³-hybridized carbons (Fsp3) is 0.786. The summed E-state index contributed by atoms with van der Waals surface area (Å²) in [4.78, 5) is 14.8. The normalized spacial score (nSPS) is 15.0. The first kappa shape index (κ1) is 16.2. The second-order valence-electron chi connectivity index (χ2n) is 5.64. The number of ether oxygens (including phenoxy) is 1. The van der Waals surface area contributed by atoms with Crippen LogP contribution in [-0.2, 0) is 4.74 Å². The molecule has 2 rings (SSSR count). The van der Waals surface area contributed by atoms with Gasteiger partial charge in [-0.3, -0.25) is 0 Å². The molecule has 1 saturated heterocycles. The third-order valence-corrected chi connectivity index (χ3v) is 3.52. The summed E-state index contributed by atoms with van der Waals surface area (Å²) >= 11 is 5.97. The summed E-state index contributed by atoms with van der Waals surface area (Å²) in [6.45, 7) is 8.43. The highest BCUT2D eigenvalue weighted by atomic mass is 35.5. The van der Waals surface area contributed by atoms with Gasteiger partial charge in [0.15, 0.2) is 0 Å². The fourth-order valence-corrected chi connectivity index (χ4v) is 2.29. The first-order valence-corrected chi connectivity index (χ1v) is 8.01. The summed E-state index contributed by atoms with van der Waals surface area (Å²) < 4.78 is 5.55. The van der Waals surface area contributed by atoms with Crippen LogP contribution in [0.5, 0.6) is 0 Å². The van der Waals surface area contributed by atoms with Crippen LogP contribution in [0.1, 0.15) is 33.1 Å². The van der Waals surface area contributed by atoms with Crippen molar-refractivity contribution >= 4 is 23.5 Å². The summed E-state index contributed by atoms with van der Waals surface area (Å²) in [6.07, 6.45) is 3.43. The standard InChI is InChI=1S/C14H24ClN5O/c1-11(2)5-9-21-10-6-16-13-17-12(15)18-14(19-13)20-7-3-4-8-20/h11H,3-10H2,1-2H3,(H,16,17,18,19). The largest absolute Gasteiger partial charge is 0.380 e. The van der Waals surface area contributed by atoms with Crippen LogP contribution in [-0.4, -0.2) is 47.8 Å². The minimum atomic E-state index is 0.232. The third-order valence-electron chi connectivity index (χ3n) is 3.35. The molecule has 1 aromatic rings. The Bertz CT molecular complexity index is 437. The van der Waals surface area contributed by atoms with E-state index in [-0.39, 0.29) is 5.28 Å².